The molecular formula is C12H17ClN2O3. The highest BCUT2D eigenvalue weighted by atomic mass is 35.5. The van der Waals surface area contributed by atoms with Crippen LogP contribution in [0.2, 0.25) is 0 Å². The molecule has 100 valence electrons. The van der Waals surface area contributed by atoms with Crippen LogP contribution >= 0.6 is 12.4 Å². The van der Waals surface area contributed by atoms with E-state index in [0.717, 1.165) is 5.56 Å². The van der Waals surface area contributed by atoms with Crippen LogP contribution in [0, 0.1) is 0 Å². The van der Waals surface area contributed by atoms with Gasteiger partial charge in [-0.2, -0.15) is 0 Å². The van der Waals surface area contributed by atoms with E-state index in [-0.39, 0.29) is 31.9 Å². The number of esters is 1. The molecule has 1 unspecified atom stereocenters. The van der Waals surface area contributed by atoms with Crippen LogP contribution < -0.4 is 11.5 Å². The summed E-state index contributed by atoms with van der Waals surface area (Å²) in [6, 6.07) is 8.49. The zero-order valence-corrected chi connectivity index (χ0v) is 10.7. The van der Waals surface area contributed by atoms with Crippen LogP contribution in [0.4, 0.5) is 0 Å². The van der Waals surface area contributed by atoms with Gasteiger partial charge in [0.15, 0.2) is 0 Å². The lowest BCUT2D eigenvalue weighted by molar-refractivity contribution is -0.146. The first-order valence-electron chi connectivity index (χ1n) is 5.34. The highest BCUT2D eigenvalue weighted by molar-refractivity contribution is 5.85. The number of carbonyl (C=O) groups is 2. The maximum absolute atomic E-state index is 11.4. The lowest BCUT2D eigenvalue weighted by atomic mass is 10.1. The van der Waals surface area contributed by atoms with Gasteiger partial charge >= 0.3 is 5.97 Å². The molecule has 1 rings (SSSR count). The number of primary amides is 1. The molecule has 0 fully saturated rings. The Balaban J connectivity index is 0.00000289. The minimum Gasteiger partial charge on any atom is -0.460 e. The van der Waals surface area contributed by atoms with Gasteiger partial charge in [-0.15, -0.1) is 12.4 Å². The second kappa shape index (κ2) is 8.49. The summed E-state index contributed by atoms with van der Waals surface area (Å²) >= 11 is 0. The Kier molecular flexibility index (Phi) is 7.74. The summed E-state index contributed by atoms with van der Waals surface area (Å²) in [7, 11) is 0. The van der Waals surface area contributed by atoms with Crippen LogP contribution in [-0.2, 0) is 20.9 Å². The van der Waals surface area contributed by atoms with E-state index in [9.17, 15) is 9.59 Å². The van der Waals surface area contributed by atoms with Gasteiger partial charge in [0.25, 0.3) is 0 Å². The van der Waals surface area contributed by atoms with Crippen LogP contribution in [0.1, 0.15) is 18.4 Å². The fourth-order valence-electron chi connectivity index (χ4n) is 1.25. The average molecular weight is 273 g/mol. The molecule has 0 radical (unpaired) electrons. The number of halogens is 1. The van der Waals surface area contributed by atoms with E-state index >= 15 is 0 Å². The van der Waals surface area contributed by atoms with E-state index in [1.807, 2.05) is 30.3 Å². The molecule has 1 aromatic carbocycles. The number of nitrogens with two attached hydrogens (primary N) is 2. The van der Waals surface area contributed by atoms with Gasteiger partial charge in [0.2, 0.25) is 5.91 Å². The number of hydrogen-bond donors (Lipinski definition) is 2. The first-order valence-corrected chi connectivity index (χ1v) is 5.34. The molecule has 1 aromatic rings. The lowest BCUT2D eigenvalue weighted by Gasteiger charge is -2.10. The number of hydrogen-bond acceptors (Lipinski definition) is 4. The monoisotopic (exact) mass is 272 g/mol. The number of carbonyl (C=O) groups excluding carboxylic acids is 2. The number of amides is 1. The van der Waals surface area contributed by atoms with Crippen LogP contribution in [0.5, 0.6) is 0 Å². The molecule has 0 spiro atoms. The molecule has 1 amide bonds. The van der Waals surface area contributed by atoms with Crippen molar-refractivity contribution >= 4 is 24.3 Å². The van der Waals surface area contributed by atoms with E-state index in [1.165, 1.54) is 0 Å². The van der Waals surface area contributed by atoms with Crippen molar-refractivity contribution in [3.63, 3.8) is 0 Å². The van der Waals surface area contributed by atoms with E-state index in [2.05, 4.69) is 0 Å². The molecule has 0 heterocycles. The van der Waals surface area contributed by atoms with Gasteiger partial charge in [-0.1, -0.05) is 30.3 Å². The Labute approximate surface area is 112 Å². The maximum atomic E-state index is 11.4. The van der Waals surface area contributed by atoms with Crippen LogP contribution in [0.15, 0.2) is 30.3 Å². The Bertz CT molecular complexity index is 384. The molecule has 0 aromatic heterocycles. The minimum absolute atomic E-state index is 0. The van der Waals surface area contributed by atoms with Crippen molar-refractivity contribution < 1.29 is 14.3 Å². The fraction of sp³-hybridized carbons (Fsp3) is 0.333. The van der Waals surface area contributed by atoms with E-state index in [0.29, 0.717) is 0 Å². The van der Waals surface area contributed by atoms with Crippen molar-refractivity contribution in [2.45, 2.75) is 25.5 Å². The molecule has 6 heteroatoms. The Hall–Kier alpha value is -1.59. The molecule has 0 aliphatic carbocycles. The standard InChI is InChI=1S/C12H16N2O3.ClH/c13-10(6-7-11(14)15)12(16)17-8-9-4-2-1-3-5-9;/h1-5,10H,6-8,13H2,(H2,14,15);1H. The van der Waals surface area contributed by atoms with Gasteiger partial charge < -0.3 is 16.2 Å². The molecule has 0 aliphatic rings. The SMILES string of the molecule is Cl.NC(=O)CCC(N)C(=O)OCc1ccccc1. The fourth-order valence-corrected chi connectivity index (χ4v) is 1.25. The number of ether oxygens (including phenoxy) is 1. The van der Waals surface area contributed by atoms with Crippen molar-refractivity contribution in [1.29, 1.82) is 0 Å². The maximum Gasteiger partial charge on any atom is 0.323 e. The van der Waals surface area contributed by atoms with Crippen molar-refractivity contribution in [2.24, 2.45) is 11.5 Å². The predicted octanol–water partition coefficient (Wildman–Crippen LogP) is 0.744. The van der Waals surface area contributed by atoms with Gasteiger partial charge in [-0.05, 0) is 12.0 Å². The van der Waals surface area contributed by atoms with E-state index in [1.54, 1.807) is 0 Å². The molecule has 0 saturated carbocycles. The van der Waals surface area contributed by atoms with Gasteiger partial charge in [-0.3, -0.25) is 9.59 Å². The Morgan fingerprint density at radius 3 is 2.39 bits per heavy atom. The molecule has 5 nitrogen and oxygen atoms in total. The third-order valence-electron chi connectivity index (χ3n) is 2.23. The first kappa shape index (κ1) is 16.4. The predicted molar refractivity (Wildman–Crippen MR) is 69.9 cm³/mol. The highest BCUT2D eigenvalue weighted by Gasteiger charge is 2.15. The summed E-state index contributed by atoms with van der Waals surface area (Å²) in [5.41, 5.74) is 11.4. The van der Waals surface area contributed by atoms with E-state index in [4.69, 9.17) is 16.2 Å². The zero-order valence-electron chi connectivity index (χ0n) is 9.87. The lowest BCUT2D eigenvalue weighted by Crippen LogP contribution is -2.33. The van der Waals surface area contributed by atoms with Gasteiger partial charge in [0.1, 0.15) is 12.6 Å². The molecule has 4 N–H and O–H groups in total. The molecular weight excluding hydrogens is 256 g/mol. The number of benzene rings is 1. The second-order valence-corrected chi connectivity index (χ2v) is 3.70. The van der Waals surface area contributed by atoms with Crippen molar-refractivity contribution in [3.05, 3.63) is 35.9 Å². The van der Waals surface area contributed by atoms with Gasteiger partial charge in [-0.25, -0.2) is 0 Å². The van der Waals surface area contributed by atoms with E-state index < -0.39 is 17.9 Å². The topological polar surface area (TPSA) is 95.4 Å². The Morgan fingerprint density at radius 2 is 1.83 bits per heavy atom. The quantitative estimate of drug-likeness (QED) is 0.747. The molecule has 18 heavy (non-hydrogen) atoms. The summed E-state index contributed by atoms with van der Waals surface area (Å²) < 4.78 is 5.01. The summed E-state index contributed by atoms with van der Waals surface area (Å²) in [6.07, 6.45) is 0.296. The van der Waals surface area contributed by atoms with Crippen LogP contribution in [0.3, 0.4) is 0 Å². The molecule has 0 bridgehead atoms. The molecule has 1 atom stereocenters. The van der Waals surface area contributed by atoms with Crippen molar-refractivity contribution in [2.75, 3.05) is 0 Å². The molecule has 0 aliphatic heterocycles. The summed E-state index contributed by atoms with van der Waals surface area (Å²) in [6.45, 7) is 0.184. The number of rotatable bonds is 6. The molecule has 0 saturated heterocycles. The van der Waals surface area contributed by atoms with Crippen LogP contribution in [-0.4, -0.2) is 17.9 Å². The van der Waals surface area contributed by atoms with Crippen molar-refractivity contribution in [1.82, 2.24) is 0 Å². The largest absolute Gasteiger partial charge is 0.460 e. The third-order valence-corrected chi connectivity index (χ3v) is 2.23. The highest BCUT2D eigenvalue weighted by Crippen LogP contribution is 2.03. The smallest absolute Gasteiger partial charge is 0.323 e. The second-order valence-electron chi connectivity index (χ2n) is 3.70. The summed E-state index contributed by atoms with van der Waals surface area (Å²) in [5.74, 6) is -0.994. The normalized spacial score (nSPS) is 11.2. The Morgan fingerprint density at radius 1 is 1.22 bits per heavy atom. The summed E-state index contributed by atoms with van der Waals surface area (Å²) in [4.78, 5) is 21.9. The third kappa shape index (κ3) is 6.22. The first-order chi connectivity index (χ1) is 8.09. The van der Waals surface area contributed by atoms with Gasteiger partial charge in [0.05, 0.1) is 0 Å². The summed E-state index contributed by atoms with van der Waals surface area (Å²) in [5, 5.41) is 0. The van der Waals surface area contributed by atoms with Crippen LogP contribution in [0.25, 0.3) is 0 Å². The van der Waals surface area contributed by atoms with Gasteiger partial charge in [0, 0.05) is 6.42 Å². The minimum atomic E-state index is -0.800. The van der Waals surface area contributed by atoms with Crippen molar-refractivity contribution in [3.8, 4) is 0 Å². The zero-order chi connectivity index (χ0) is 12.7. The average Bonchev–Trinajstić information content (AvgIpc) is 2.34.